The molecule has 3 aromatic rings. The number of nitrogens with two attached hydrogens (primary N) is 1. The number of nitrogens with zero attached hydrogens (tertiary/aromatic N) is 4. The van der Waals surface area contributed by atoms with Crippen LogP contribution in [0.1, 0.15) is 5.56 Å². The van der Waals surface area contributed by atoms with Gasteiger partial charge in [0.15, 0.2) is 0 Å². The van der Waals surface area contributed by atoms with Crippen LogP contribution < -0.4 is 21.1 Å². The lowest BCUT2D eigenvalue weighted by molar-refractivity contribution is -0.137. The quantitative estimate of drug-likeness (QED) is 0.551. The summed E-state index contributed by atoms with van der Waals surface area (Å²) in [4.78, 5) is 18.2. The van der Waals surface area contributed by atoms with Crippen molar-refractivity contribution in [2.45, 2.75) is 6.18 Å². The molecule has 0 aliphatic rings. The van der Waals surface area contributed by atoms with Gasteiger partial charge < -0.3 is 21.1 Å². The SMILES string of the molecule is Cn1cc(Nc2ncc(C(F)(F)F)c(Nc3cc(OC(N)=O)ccc3F)n2)cn1. The molecule has 2 aromatic heterocycles. The van der Waals surface area contributed by atoms with Crippen LogP contribution in [0.5, 0.6) is 5.75 Å². The van der Waals surface area contributed by atoms with Crippen LogP contribution in [0.15, 0.2) is 36.8 Å². The van der Waals surface area contributed by atoms with Crippen LogP contribution in [0, 0.1) is 5.82 Å². The summed E-state index contributed by atoms with van der Waals surface area (Å²) in [6.45, 7) is 0. The molecule has 0 fully saturated rings. The Kier molecular flexibility index (Phi) is 5.21. The van der Waals surface area contributed by atoms with Crippen molar-refractivity contribution in [2.24, 2.45) is 12.8 Å². The van der Waals surface area contributed by atoms with Crippen molar-refractivity contribution in [2.75, 3.05) is 10.6 Å². The number of hydrogen-bond acceptors (Lipinski definition) is 7. The smallest absolute Gasteiger partial charge is 0.410 e. The number of nitrogens with one attached hydrogen (secondary N) is 2. The molecule has 2 heterocycles. The zero-order valence-corrected chi connectivity index (χ0v) is 14.7. The topological polar surface area (TPSA) is 120 Å². The minimum absolute atomic E-state index is 0.169. The average Bonchev–Trinajstić information content (AvgIpc) is 3.01. The van der Waals surface area contributed by atoms with Gasteiger partial charge in [0.25, 0.3) is 0 Å². The molecule has 13 heteroatoms. The van der Waals surface area contributed by atoms with Gasteiger partial charge in [-0.05, 0) is 12.1 Å². The van der Waals surface area contributed by atoms with E-state index in [4.69, 9.17) is 5.73 Å². The van der Waals surface area contributed by atoms with E-state index in [9.17, 15) is 22.4 Å². The standard InChI is InChI=1S/C16H13F4N7O2/c1-27-7-8(5-23-27)24-15-22-6-10(16(18,19)20)13(26-15)25-12-4-9(29-14(21)28)2-3-11(12)17/h2-7H,1H3,(H2,21,28)(H2,22,24,25,26). The van der Waals surface area contributed by atoms with Crippen LogP contribution in [-0.4, -0.2) is 25.8 Å². The third kappa shape index (κ3) is 4.88. The Hall–Kier alpha value is -3.90. The van der Waals surface area contributed by atoms with Gasteiger partial charge in [-0.1, -0.05) is 0 Å². The van der Waals surface area contributed by atoms with Gasteiger partial charge in [-0.15, -0.1) is 0 Å². The molecular weight excluding hydrogens is 398 g/mol. The Bertz CT molecular complexity index is 1050. The normalized spacial score (nSPS) is 11.2. The summed E-state index contributed by atoms with van der Waals surface area (Å²) in [5.74, 6) is -1.97. The zero-order chi connectivity index (χ0) is 21.2. The minimum atomic E-state index is -4.81. The summed E-state index contributed by atoms with van der Waals surface area (Å²) in [6, 6.07) is 2.95. The molecule has 1 aromatic carbocycles. The molecule has 0 aliphatic carbocycles. The lowest BCUT2D eigenvalue weighted by Crippen LogP contribution is -2.16. The molecule has 0 aliphatic heterocycles. The molecule has 0 radical (unpaired) electrons. The largest absolute Gasteiger partial charge is 0.421 e. The van der Waals surface area contributed by atoms with Crippen molar-refractivity contribution in [1.82, 2.24) is 19.7 Å². The van der Waals surface area contributed by atoms with Crippen molar-refractivity contribution in [3.05, 3.63) is 48.2 Å². The van der Waals surface area contributed by atoms with Gasteiger partial charge in [-0.2, -0.15) is 23.3 Å². The number of amides is 1. The van der Waals surface area contributed by atoms with Crippen LogP contribution in [0.2, 0.25) is 0 Å². The Morgan fingerprint density at radius 1 is 1.24 bits per heavy atom. The second-order valence-electron chi connectivity index (χ2n) is 5.67. The van der Waals surface area contributed by atoms with Crippen LogP contribution in [-0.2, 0) is 13.2 Å². The Balaban J connectivity index is 1.97. The molecule has 0 atom stereocenters. The first-order valence-corrected chi connectivity index (χ1v) is 7.85. The number of rotatable bonds is 5. The average molecular weight is 411 g/mol. The highest BCUT2D eigenvalue weighted by Crippen LogP contribution is 2.36. The lowest BCUT2D eigenvalue weighted by atomic mass is 10.2. The van der Waals surface area contributed by atoms with E-state index in [0.717, 1.165) is 18.2 Å². The van der Waals surface area contributed by atoms with E-state index in [1.807, 2.05) is 0 Å². The fourth-order valence-corrected chi connectivity index (χ4v) is 2.27. The molecule has 0 saturated carbocycles. The number of aryl methyl sites for hydroxylation is 1. The predicted molar refractivity (Wildman–Crippen MR) is 93.4 cm³/mol. The highest BCUT2D eigenvalue weighted by Gasteiger charge is 2.35. The highest BCUT2D eigenvalue weighted by molar-refractivity contribution is 5.70. The van der Waals surface area contributed by atoms with E-state index in [1.54, 1.807) is 13.2 Å². The Morgan fingerprint density at radius 3 is 2.62 bits per heavy atom. The highest BCUT2D eigenvalue weighted by atomic mass is 19.4. The van der Waals surface area contributed by atoms with Crippen molar-refractivity contribution in [3.63, 3.8) is 0 Å². The molecule has 0 bridgehead atoms. The summed E-state index contributed by atoms with van der Waals surface area (Å²) < 4.78 is 60.1. The molecule has 0 spiro atoms. The van der Waals surface area contributed by atoms with Gasteiger partial charge in [0.05, 0.1) is 17.6 Å². The van der Waals surface area contributed by atoms with E-state index in [-0.39, 0.29) is 11.7 Å². The predicted octanol–water partition coefficient (Wildman–Crippen LogP) is 3.31. The monoisotopic (exact) mass is 411 g/mol. The molecule has 1 amide bonds. The van der Waals surface area contributed by atoms with E-state index in [0.29, 0.717) is 11.9 Å². The first-order valence-electron chi connectivity index (χ1n) is 7.85. The summed E-state index contributed by atoms with van der Waals surface area (Å²) in [5.41, 5.74) is 3.67. The summed E-state index contributed by atoms with van der Waals surface area (Å²) >= 11 is 0. The summed E-state index contributed by atoms with van der Waals surface area (Å²) in [5, 5.41) is 8.85. The van der Waals surface area contributed by atoms with Crippen molar-refractivity contribution < 1.29 is 27.1 Å². The van der Waals surface area contributed by atoms with Gasteiger partial charge in [-0.3, -0.25) is 4.68 Å². The molecule has 9 nitrogen and oxygen atoms in total. The van der Waals surface area contributed by atoms with Crippen LogP contribution in [0.3, 0.4) is 0 Å². The third-order valence-electron chi connectivity index (χ3n) is 3.46. The second kappa shape index (κ2) is 7.61. The molecule has 0 saturated heterocycles. The number of halogens is 4. The third-order valence-corrected chi connectivity index (χ3v) is 3.46. The van der Waals surface area contributed by atoms with Gasteiger partial charge in [0, 0.05) is 25.5 Å². The first-order chi connectivity index (χ1) is 13.6. The van der Waals surface area contributed by atoms with Gasteiger partial charge in [-0.25, -0.2) is 14.2 Å². The van der Waals surface area contributed by atoms with Crippen LogP contribution >= 0.6 is 0 Å². The number of hydrogen-bond donors (Lipinski definition) is 3. The van der Waals surface area contributed by atoms with E-state index in [2.05, 4.69) is 30.4 Å². The molecule has 4 N–H and O–H groups in total. The number of anilines is 4. The van der Waals surface area contributed by atoms with Gasteiger partial charge >= 0.3 is 12.3 Å². The fraction of sp³-hybridized carbons (Fsp3) is 0.125. The maximum absolute atomic E-state index is 14.1. The van der Waals surface area contributed by atoms with Gasteiger partial charge in [0.1, 0.15) is 22.9 Å². The number of benzene rings is 1. The number of carbonyl (C=O) groups excluding carboxylic acids is 1. The summed E-state index contributed by atoms with van der Waals surface area (Å²) in [6.07, 6.45) is -2.46. The number of primary amides is 1. The van der Waals surface area contributed by atoms with Gasteiger partial charge in [0.2, 0.25) is 5.95 Å². The number of aromatic nitrogens is 4. The Morgan fingerprint density at radius 2 is 2.00 bits per heavy atom. The summed E-state index contributed by atoms with van der Waals surface area (Å²) in [7, 11) is 1.65. The van der Waals surface area contributed by atoms with E-state index >= 15 is 0 Å². The molecule has 152 valence electrons. The second-order valence-corrected chi connectivity index (χ2v) is 5.67. The first kappa shape index (κ1) is 19.9. The van der Waals surface area contributed by atoms with Crippen molar-refractivity contribution in [3.8, 4) is 5.75 Å². The molecule has 3 rings (SSSR count). The van der Waals surface area contributed by atoms with Crippen molar-refractivity contribution in [1.29, 1.82) is 0 Å². The zero-order valence-electron chi connectivity index (χ0n) is 14.7. The number of carbonyl (C=O) groups is 1. The maximum atomic E-state index is 14.1. The van der Waals surface area contributed by atoms with E-state index in [1.165, 1.54) is 10.9 Å². The van der Waals surface area contributed by atoms with Crippen LogP contribution in [0.4, 0.5) is 45.5 Å². The number of ether oxygens (including phenoxy) is 1. The van der Waals surface area contributed by atoms with Crippen LogP contribution in [0.25, 0.3) is 0 Å². The molecule has 29 heavy (non-hydrogen) atoms. The number of alkyl halides is 3. The Labute approximate surface area is 160 Å². The maximum Gasteiger partial charge on any atom is 0.421 e. The fourth-order valence-electron chi connectivity index (χ4n) is 2.27. The molecule has 0 unspecified atom stereocenters. The minimum Gasteiger partial charge on any atom is -0.410 e. The lowest BCUT2D eigenvalue weighted by Gasteiger charge is -2.15. The van der Waals surface area contributed by atoms with Crippen molar-refractivity contribution >= 4 is 29.2 Å². The van der Waals surface area contributed by atoms with E-state index < -0.39 is 35.2 Å². The molecular formula is C16H13F4N7O2.